The van der Waals surface area contributed by atoms with Crippen LogP contribution in [0.4, 0.5) is 0 Å². The molecule has 4 atom stereocenters. The van der Waals surface area contributed by atoms with E-state index in [1.165, 1.54) is 12.1 Å². The lowest BCUT2D eigenvalue weighted by atomic mass is 9.90. The van der Waals surface area contributed by atoms with Crippen LogP contribution in [0.5, 0.6) is 0 Å². The predicted octanol–water partition coefficient (Wildman–Crippen LogP) is -0.927. The van der Waals surface area contributed by atoms with E-state index in [9.17, 15) is 28.2 Å². The molecule has 9 nitrogen and oxygen atoms in total. The van der Waals surface area contributed by atoms with Gasteiger partial charge in [-0.15, -0.1) is 11.3 Å². The lowest BCUT2D eigenvalue weighted by molar-refractivity contribution is -0.126. The molecule has 0 aliphatic heterocycles. The van der Waals surface area contributed by atoms with Gasteiger partial charge >= 0.3 is 0 Å². The van der Waals surface area contributed by atoms with Gasteiger partial charge in [-0.2, -0.15) is 0 Å². The SMILES string of the molecule is CC(C)[C@@H](NC(=O)C1=C[C@@H](NS(=O)(=O)c2cccs2)[C@@H](O)[C@H](O)C1)C(N)=O. The van der Waals surface area contributed by atoms with Crippen molar-refractivity contribution in [1.82, 2.24) is 10.0 Å². The van der Waals surface area contributed by atoms with Crippen molar-refractivity contribution >= 4 is 33.2 Å². The number of rotatable bonds is 7. The molecule has 2 rings (SSSR count). The van der Waals surface area contributed by atoms with Crippen molar-refractivity contribution in [3.05, 3.63) is 29.2 Å². The molecule has 11 heteroatoms. The standard InChI is InChI=1S/C16H23N3O6S2/c1-8(2)13(15(17)22)18-16(23)9-6-10(14(21)11(20)7-9)19-27(24,25)12-4-3-5-26-12/h3-6,8,10-11,13-14,19-21H,7H2,1-2H3,(H2,17,22)(H,18,23)/t10-,11-,13-,14-/m1/s1. The normalized spacial score (nSPS) is 24.3. The van der Waals surface area contributed by atoms with Crippen molar-refractivity contribution in [3.8, 4) is 0 Å². The molecule has 6 N–H and O–H groups in total. The number of carbonyl (C=O) groups is 2. The van der Waals surface area contributed by atoms with E-state index in [0.717, 1.165) is 11.3 Å². The monoisotopic (exact) mass is 417 g/mol. The molecule has 0 aromatic carbocycles. The molecule has 1 aromatic rings. The third kappa shape index (κ3) is 5.14. The smallest absolute Gasteiger partial charge is 0.250 e. The first-order valence-corrected chi connectivity index (χ1v) is 10.6. The highest BCUT2D eigenvalue weighted by atomic mass is 32.2. The molecule has 1 heterocycles. The number of sulfonamides is 1. The summed E-state index contributed by atoms with van der Waals surface area (Å²) in [5.41, 5.74) is 5.33. The Balaban J connectivity index is 2.23. The van der Waals surface area contributed by atoms with Gasteiger partial charge in [0.15, 0.2) is 0 Å². The number of nitrogens with one attached hydrogen (secondary N) is 2. The summed E-state index contributed by atoms with van der Waals surface area (Å²) in [6.07, 6.45) is -1.71. The Hall–Kier alpha value is -1.79. The van der Waals surface area contributed by atoms with Crippen LogP contribution in [0.3, 0.4) is 0 Å². The van der Waals surface area contributed by atoms with Gasteiger partial charge in [-0.25, -0.2) is 13.1 Å². The summed E-state index contributed by atoms with van der Waals surface area (Å²) >= 11 is 0.996. The van der Waals surface area contributed by atoms with E-state index >= 15 is 0 Å². The molecule has 150 valence electrons. The summed E-state index contributed by atoms with van der Waals surface area (Å²) in [5.74, 6) is -1.61. The maximum absolute atomic E-state index is 12.5. The number of carbonyl (C=O) groups excluding carboxylic acids is 2. The van der Waals surface area contributed by atoms with E-state index in [1.54, 1.807) is 25.3 Å². The molecule has 0 radical (unpaired) electrons. The molecule has 0 unspecified atom stereocenters. The zero-order valence-electron chi connectivity index (χ0n) is 14.8. The number of aliphatic hydroxyl groups excluding tert-OH is 2. The summed E-state index contributed by atoms with van der Waals surface area (Å²) < 4.78 is 27.1. The topological polar surface area (TPSA) is 159 Å². The Kier molecular flexibility index (Phi) is 6.76. The minimum atomic E-state index is -3.92. The highest BCUT2D eigenvalue weighted by Gasteiger charge is 2.36. The zero-order valence-corrected chi connectivity index (χ0v) is 16.5. The first kappa shape index (κ1) is 21.5. The van der Waals surface area contributed by atoms with Crippen LogP contribution in [0.25, 0.3) is 0 Å². The van der Waals surface area contributed by atoms with Crippen LogP contribution in [0.2, 0.25) is 0 Å². The average Bonchev–Trinajstić information content (AvgIpc) is 3.11. The first-order valence-electron chi connectivity index (χ1n) is 8.25. The fourth-order valence-corrected chi connectivity index (χ4v) is 4.90. The number of nitrogens with two attached hydrogens (primary N) is 1. The summed E-state index contributed by atoms with van der Waals surface area (Å²) in [5, 5.41) is 24.3. The Morgan fingerprint density at radius 1 is 1.33 bits per heavy atom. The number of hydrogen-bond donors (Lipinski definition) is 5. The molecule has 2 amide bonds. The van der Waals surface area contributed by atoms with Gasteiger partial charge in [0.05, 0.1) is 12.1 Å². The Labute approximate surface area is 161 Å². The van der Waals surface area contributed by atoms with Gasteiger partial charge in [-0.3, -0.25) is 9.59 Å². The highest BCUT2D eigenvalue weighted by molar-refractivity contribution is 7.91. The first-order chi connectivity index (χ1) is 12.5. The van der Waals surface area contributed by atoms with E-state index < -0.39 is 46.1 Å². The maximum atomic E-state index is 12.5. The molecule has 0 fully saturated rings. The second kappa shape index (κ2) is 8.48. The van der Waals surface area contributed by atoms with Crippen LogP contribution in [-0.4, -0.2) is 54.7 Å². The zero-order chi connectivity index (χ0) is 20.4. The van der Waals surface area contributed by atoms with Gasteiger partial charge in [0, 0.05) is 12.0 Å². The van der Waals surface area contributed by atoms with Gasteiger partial charge < -0.3 is 21.3 Å². The molecule has 1 aliphatic rings. The number of aliphatic hydroxyl groups is 2. The molecule has 0 bridgehead atoms. The highest BCUT2D eigenvalue weighted by Crippen LogP contribution is 2.23. The Bertz CT molecular complexity index is 819. The maximum Gasteiger partial charge on any atom is 0.250 e. The van der Waals surface area contributed by atoms with Crippen LogP contribution >= 0.6 is 11.3 Å². The second-order valence-corrected chi connectivity index (χ2v) is 9.52. The summed E-state index contributed by atoms with van der Waals surface area (Å²) in [7, 11) is -3.92. The molecule has 0 spiro atoms. The summed E-state index contributed by atoms with van der Waals surface area (Å²) in [6.45, 7) is 3.42. The number of thiophene rings is 1. The lowest BCUT2D eigenvalue weighted by Crippen LogP contribution is -2.52. The molecule has 1 aromatic heterocycles. The van der Waals surface area contributed by atoms with Gasteiger partial charge in [-0.1, -0.05) is 26.0 Å². The Morgan fingerprint density at radius 2 is 2.00 bits per heavy atom. The third-order valence-electron chi connectivity index (χ3n) is 4.17. The average molecular weight is 418 g/mol. The van der Waals surface area contributed by atoms with E-state index in [0.29, 0.717) is 0 Å². The van der Waals surface area contributed by atoms with Crippen LogP contribution in [0.1, 0.15) is 20.3 Å². The number of amides is 2. The minimum absolute atomic E-state index is 0.0442. The van der Waals surface area contributed by atoms with E-state index in [1.807, 2.05) is 0 Å². The van der Waals surface area contributed by atoms with Crippen molar-refractivity contribution in [2.24, 2.45) is 11.7 Å². The molecule has 1 aliphatic carbocycles. The van der Waals surface area contributed by atoms with Gasteiger partial charge in [-0.05, 0) is 17.4 Å². The second-order valence-electron chi connectivity index (χ2n) is 6.63. The van der Waals surface area contributed by atoms with E-state index in [4.69, 9.17) is 5.73 Å². The molecule has 0 saturated carbocycles. The number of hydrogen-bond acceptors (Lipinski definition) is 7. The van der Waals surface area contributed by atoms with E-state index in [2.05, 4.69) is 10.0 Å². The fraction of sp³-hybridized carbons (Fsp3) is 0.500. The molecule has 27 heavy (non-hydrogen) atoms. The van der Waals surface area contributed by atoms with Crippen LogP contribution < -0.4 is 15.8 Å². The lowest BCUT2D eigenvalue weighted by Gasteiger charge is -2.31. The fourth-order valence-electron chi connectivity index (χ4n) is 2.69. The van der Waals surface area contributed by atoms with Crippen molar-refractivity contribution in [2.75, 3.05) is 0 Å². The van der Waals surface area contributed by atoms with Gasteiger partial charge in [0.25, 0.3) is 10.0 Å². The largest absolute Gasteiger partial charge is 0.390 e. The van der Waals surface area contributed by atoms with Crippen LogP contribution in [-0.2, 0) is 19.6 Å². The minimum Gasteiger partial charge on any atom is -0.390 e. The summed E-state index contributed by atoms with van der Waals surface area (Å²) in [4.78, 5) is 23.9. The van der Waals surface area contributed by atoms with Crippen molar-refractivity contribution < 1.29 is 28.2 Å². The molecular formula is C16H23N3O6S2. The van der Waals surface area contributed by atoms with Crippen LogP contribution in [0.15, 0.2) is 33.4 Å². The predicted molar refractivity (Wildman–Crippen MR) is 99.1 cm³/mol. The Morgan fingerprint density at radius 3 is 2.52 bits per heavy atom. The summed E-state index contributed by atoms with van der Waals surface area (Å²) in [6, 6.07) is 0.850. The van der Waals surface area contributed by atoms with Crippen molar-refractivity contribution in [3.63, 3.8) is 0 Å². The molecular weight excluding hydrogens is 394 g/mol. The number of primary amides is 1. The van der Waals surface area contributed by atoms with Gasteiger partial charge in [0.2, 0.25) is 11.8 Å². The quantitative estimate of drug-likeness (QED) is 0.386. The van der Waals surface area contributed by atoms with Crippen molar-refractivity contribution in [1.29, 1.82) is 0 Å². The third-order valence-corrected chi connectivity index (χ3v) is 7.03. The molecule has 0 saturated heterocycles. The van der Waals surface area contributed by atoms with Crippen molar-refractivity contribution in [2.45, 2.75) is 48.8 Å². The van der Waals surface area contributed by atoms with Crippen LogP contribution in [0, 0.1) is 5.92 Å². The van der Waals surface area contributed by atoms with E-state index in [-0.39, 0.29) is 22.1 Å². The van der Waals surface area contributed by atoms with Gasteiger partial charge in [0.1, 0.15) is 16.4 Å².